The van der Waals surface area contributed by atoms with Crippen LogP contribution in [0.4, 0.5) is 0 Å². The maximum absolute atomic E-state index is 15.1. The average Bonchev–Trinajstić information content (AvgIpc) is 3.62. The summed E-state index contributed by atoms with van der Waals surface area (Å²) in [5, 5.41) is 23.1. The highest BCUT2D eigenvalue weighted by Crippen LogP contribution is 2.26. The van der Waals surface area contributed by atoms with Crippen LogP contribution in [0.5, 0.6) is 0 Å². The summed E-state index contributed by atoms with van der Waals surface area (Å²) in [7, 11) is 9.92. The predicted octanol–water partition coefficient (Wildman–Crippen LogP) is 3.27. The summed E-state index contributed by atoms with van der Waals surface area (Å²) in [6, 6.07) is -12.3. The number of allylic oxidation sites excluding steroid dienone is 2. The van der Waals surface area contributed by atoms with E-state index in [0.29, 0.717) is 6.42 Å². The lowest BCUT2D eigenvalue weighted by atomic mass is 9.91. The summed E-state index contributed by atoms with van der Waals surface area (Å²) < 4.78 is 0. The monoisotopic (exact) mass is 1200 g/mol. The molecule has 5 N–H and O–H groups in total. The molecule has 2 unspecified atom stereocenters. The van der Waals surface area contributed by atoms with E-state index in [0.717, 1.165) is 9.80 Å². The van der Waals surface area contributed by atoms with Gasteiger partial charge in [-0.25, -0.2) is 0 Å². The van der Waals surface area contributed by atoms with Crippen LogP contribution in [0.25, 0.3) is 0 Å². The minimum Gasteiger partial charge on any atom is -0.390 e. The van der Waals surface area contributed by atoms with E-state index in [9.17, 15) is 48.3 Å². The Kier molecular flexibility index (Phi) is 31.5. The number of hydrogen-bond donors (Lipinski definition) is 5. The Labute approximate surface area is 508 Å². The molecule has 0 spiro atoms. The Balaban J connectivity index is 4.32. The fraction of sp³-hybridized carbons (Fsp3) is 0.790. The van der Waals surface area contributed by atoms with E-state index >= 15 is 9.59 Å². The van der Waals surface area contributed by atoms with Crippen LogP contribution < -0.4 is 21.3 Å². The molecule has 1 heterocycles. The van der Waals surface area contributed by atoms with Crippen molar-refractivity contribution in [3.63, 3.8) is 0 Å². The van der Waals surface area contributed by atoms with Crippen molar-refractivity contribution in [2.75, 3.05) is 55.9 Å². The minimum absolute atomic E-state index is 0.0229. The Morgan fingerprint density at radius 2 is 0.871 bits per heavy atom. The van der Waals surface area contributed by atoms with Crippen molar-refractivity contribution in [3.8, 4) is 0 Å². The van der Waals surface area contributed by atoms with Gasteiger partial charge in [-0.15, -0.1) is 0 Å². The van der Waals surface area contributed by atoms with Gasteiger partial charge in [-0.2, -0.15) is 0 Å². The second kappa shape index (κ2) is 34.9. The molecule has 23 heteroatoms. The van der Waals surface area contributed by atoms with Crippen molar-refractivity contribution in [3.05, 3.63) is 12.2 Å². The lowest BCUT2D eigenvalue weighted by molar-refractivity contribution is -0.157. The number of nitrogens with one attached hydrogen (secondary N) is 4. The van der Waals surface area contributed by atoms with Crippen molar-refractivity contribution in [2.45, 2.75) is 223 Å². The summed E-state index contributed by atoms with van der Waals surface area (Å²) in [6.07, 6.45) is 3.04. The summed E-state index contributed by atoms with van der Waals surface area (Å²) in [4.78, 5) is 169. The number of carbonyl (C=O) groups is 11. The Hall–Kier alpha value is -6.13. The highest BCUT2D eigenvalue weighted by atomic mass is 16.3. The fourth-order valence-electron chi connectivity index (χ4n) is 10.7. The molecule has 1 saturated heterocycles. The van der Waals surface area contributed by atoms with E-state index in [1.165, 1.54) is 87.7 Å². The van der Waals surface area contributed by atoms with Gasteiger partial charge >= 0.3 is 0 Å². The van der Waals surface area contributed by atoms with Gasteiger partial charge in [-0.05, 0) is 101 Å². The summed E-state index contributed by atoms with van der Waals surface area (Å²) >= 11 is 0. The van der Waals surface area contributed by atoms with Crippen LogP contribution in [0.1, 0.15) is 156 Å². The molecule has 11 amide bonds. The Bertz CT molecular complexity index is 2330. The molecule has 1 aliphatic heterocycles. The lowest BCUT2D eigenvalue weighted by Gasteiger charge is -2.41. The zero-order chi connectivity index (χ0) is 66.0. The molecule has 0 radical (unpaired) electrons. The van der Waals surface area contributed by atoms with Crippen LogP contribution in [0.3, 0.4) is 0 Å². The second-order valence-corrected chi connectivity index (χ2v) is 26.1. The van der Waals surface area contributed by atoms with Gasteiger partial charge < -0.3 is 60.7 Å². The van der Waals surface area contributed by atoms with Crippen LogP contribution in [0.2, 0.25) is 0 Å². The first-order chi connectivity index (χ1) is 39.2. The molecule has 1 aliphatic rings. The molecule has 0 bridgehead atoms. The fourth-order valence-corrected chi connectivity index (χ4v) is 10.7. The minimum atomic E-state index is -1.61. The zero-order valence-corrected chi connectivity index (χ0v) is 56.1. The van der Waals surface area contributed by atoms with Crippen molar-refractivity contribution in [2.24, 2.45) is 41.4 Å². The quantitative estimate of drug-likeness (QED) is 0.148. The largest absolute Gasteiger partial charge is 0.390 e. The first kappa shape index (κ1) is 76.9. The van der Waals surface area contributed by atoms with Gasteiger partial charge in [-0.3, -0.25) is 52.7 Å². The van der Waals surface area contributed by atoms with Gasteiger partial charge in [-0.1, -0.05) is 109 Å². The van der Waals surface area contributed by atoms with Crippen LogP contribution in [0.15, 0.2) is 12.2 Å². The summed E-state index contributed by atoms with van der Waals surface area (Å²) in [5.74, 6) is -9.71. The normalized spacial score (nSPS) is 26.9. The summed E-state index contributed by atoms with van der Waals surface area (Å²) in [5.41, 5.74) is 0. The van der Waals surface area contributed by atoms with Gasteiger partial charge in [0.2, 0.25) is 65.0 Å². The topological polar surface area (TPSA) is 279 Å². The SMILES string of the molecule is C/C=C/C[C@@H](C)[C@@H](O)[C@H]1C(=O)N[C@@H](CC)C(=O)N(C)CC(=O)N(C)[C@@H](CC(C)C)C(=O)NC(C(C)C)C(=O)N(C)[C@@H](CC(C)C)C(=O)N[C@@H](C)C(=O)N[C@H](C)C(=O)N(C)[C@@H](CC(C)C)C(=O)N(C)[C@@H](CC(C)C)C(=O)N(C)C(C(C)C)C(=O)N1C. The third-order valence-corrected chi connectivity index (χ3v) is 16.1. The van der Waals surface area contributed by atoms with Gasteiger partial charge in [0, 0.05) is 49.3 Å². The number of likely N-dealkylation sites (N-methyl/N-ethyl adjacent to an activating group) is 7. The standard InChI is InChI=1S/C62H111N11O12/c1-25-27-28-40(15)52(75)51-56(79)65-43(26-2)58(81)67(18)33-48(74)68(19)44(29-34(3)4)55(78)66-49(38(11)12)61(84)69(20)45(30-35(5)6)54(77)63-41(16)53(76)64-42(17)57(80)70(21)46(31-36(7)8)59(82)71(22)47(32-37(9)10)60(83)72(23)50(39(13)14)62(85)73(51)24/h25,27,34-47,49-52,75H,26,28-33H2,1-24H3,(H,63,77)(H,64,76)(H,65,79)(H,66,78)/b27-25+/t40-,41+,42-,43+,44+,45+,46+,47+,49?,50?,51+,52-/m1/s1. The van der Waals surface area contributed by atoms with Gasteiger partial charge in [0.25, 0.3) is 0 Å². The van der Waals surface area contributed by atoms with Crippen molar-refractivity contribution >= 4 is 65.0 Å². The molecule has 0 aromatic rings. The molecule has 0 saturated carbocycles. The van der Waals surface area contributed by atoms with Crippen LogP contribution in [-0.2, 0) is 52.7 Å². The van der Waals surface area contributed by atoms with Gasteiger partial charge in [0.05, 0.1) is 12.6 Å². The van der Waals surface area contributed by atoms with E-state index in [-0.39, 0.29) is 55.8 Å². The molecule has 1 fully saturated rings. The third kappa shape index (κ3) is 21.7. The number of amides is 11. The first-order valence-corrected chi connectivity index (χ1v) is 30.6. The smallest absolute Gasteiger partial charge is 0.246 e. The molecular weight excluding hydrogens is 1090 g/mol. The van der Waals surface area contributed by atoms with Gasteiger partial charge in [0.1, 0.15) is 60.4 Å². The number of rotatable bonds is 15. The maximum Gasteiger partial charge on any atom is 0.246 e. The van der Waals surface area contributed by atoms with E-state index < -0.39 is 156 Å². The molecular formula is C62H111N11O12. The average molecular weight is 1200 g/mol. The Morgan fingerprint density at radius 1 is 0.459 bits per heavy atom. The molecule has 1 rings (SSSR count). The molecule has 0 aliphatic carbocycles. The van der Waals surface area contributed by atoms with Crippen molar-refractivity contribution in [1.29, 1.82) is 0 Å². The van der Waals surface area contributed by atoms with Crippen LogP contribution in [0, 0.1) is 41.4 Å². The maximum atomic E-state index is 15.1. The molecule has 12 atom stereocenters. The number of aliphatic hydroxyl groups is 1. The highest BCUT2D eigenvalue weighted by molar-refractivity contribution is 5.99. The van der Waals surface area contributed by atoms with Crippen LogP contribution >= 0.6 is 0 Å². The molecule has 0 aromatic heterocycles. The molecule has 23 nitrogen and oxygen atoms in total. The number of carbonyl (C=O) groups excluding carboxylic acids is 11. The highest BCUT2D eigenvalue weighted by Gasteiger charge is 2.45. The number of nitrogens with zero attached hydrogens (tertiary/aromatic N) is 7. The third-order valence-electron chi connectivity index (χ3n) is 16.1. The summed E-state index contributed by atoms with van der Waals surface area (Å²) in [6.45, 7) is 29.3. The Morgan fingerprint density at radius 3 is 1.32 bits per heavy atom. The van der Waals surface area contributed by atoms with E-state index in [2.05, 4.69) is 21.3 Å². The number of aliphatic hydroxyl groups excluding tert-OH is 1. The van der Waals surface area contributed by atoms with Crippen molar-refractivity contribution < 1.29 is 57.8 Å². The predicted molar refractivity (Wildman–Crippen MR) is 328 cm³/mol. The van der Waals surface area contributed by atoms with Gasteiger partial charge in [0.15, 0.2) is 0 Å². The van der Waals surface area contributed by atoms with E-state index in [1.807, 2.05) is 61.5 Å². The zero-order valence-electron chi connectivity index (χ0n) is 56.1. The molecule has 85 heavy (non-hydrogen) atoms. The number of hydrogen-bond acceptors (Lipinski definition) is 12. The first-order valence-electron chi connectivity index (χ1n) is 30.6. The van der Waals surface area contributed by atoms with Crippen molar-refractivity contribution in [1.82, 2.24) is 55.6 Å². The van der Waals surface area contributed by atoms with E-state index in [4.69, 9.17) is 0 Å². The second-order valence-electron chi connectivity index (χ2n) is 26.1. The lowest BCUT2D eigenvalue weighted by Crippen LogP contribution is -2.63. The van der Waals surface area contributed by atoms with Crippen LogP contribution in [-0.4, -0.2) is 227 Å². The van der Waals surface area contributed by atoms with E-state index in [1.54, 1.807) is 54.5 Å². The molecule has 0 aromatic carbocycles. The molecule has 486 valence electrons.